The average Bonchev–Trinajstić information content (AvgIpc) is 2.29. The van der Waals surface area contributed by atoms with Gasteiger partial charge in [-0.05, 0) is 18.9 Å². The molecule has 0 saturated carbocycles. The minimum absolute atomic E-state index is 0.102. The first-order valence-corrected chi connectivity index (χ1v) is 5.47. The van der Waals surface area contributed by atoms with Crippen molar-refractivity contribution in [3.8, 4) is 0 Å². The lowest BCUT2D eigenvalue weighted by Crippen LogP contribution is -2.53. The molecule has 0 spiro atoms. The summed E-state index contributed by atoms with van der Waals surface area (Å²) in [6, 6.07) is -0.695. The van der Waals surface area contributed by atoms with Crippen molar-refractivity contribution in [1.82, 2.24) is 10.6 Å². The van der Waals surface area contributed by atoms with Crippen LogP contribution in [-0.2, 0) is 14.4 Å². The molecule has 92 valence electrons. The third-order valence-electron chi connectivity index (χ3n) is 3.15. The molecule has 3 amide bonds. The first kappa shape index (κ1) is 11.8. The number of hydrogen-bond donors (Lipinski definition) is 2. The van der Waals surface area contributed by atoms with Gasteiger partial charge in [0.25, 0.3) is 0 Å². The van der Waals surface area contributed by atoms with Crippen LogP contribution in [-0.4, -0.2) is 29.9 Å². The van der Waals surface area contributed by atoms with Gasteiger partial charge in [0.2, 0.25) is 17.7 Å². The number of piperidine rings is 1. The molecule has 1 unspecified atom stereocenters. The lowest BCUT2D eigenvalue weighted by Gasteiger charge is -2.27. The van der Waals surface area contributed by atoms with Gasteiger partial charge in [0, 0.05) is 18.4 Å². The smallest absolute Gasteiger partial charge is 0.249 e. The van der Waals surface area contributed by atoms with Crippen molar-refractivity contribution < 1.29 is 18.8 Å². The average molecular weight is 240 g/mol. The molecule has 1 aliphatic heterocycles. The van der Waals surface area contributed by atoms with Crippen molar-refractivity contribution in [2.75, 3.05) is 0 Å². The Bertz CT molecular complexity index is 430. The normalized spacial score (nSPS) is 28.6. The second-order valence-electron chi connectivity index (χ2n) is 4.31. The van der Waals surface area contributed by atoms with E-state index in [1.165, 1.54) is 0 Å². The van der Waals surface area contributed by atoms with E-state index in [-0.39, 0.29) is 18.7 Å². The molecule has 5 nitrogen and oxygen atoms in total. The lowest BCUT2D eigenvalue weighted by molar-refractivity contribution is -0.136. The van der Waals surface area contributed by atoms with Gasteiger partial charge in [-0.15, -0.1) is 0 Å². The molecule has 2 aliphatic rings. The highest BCUT2D eigenvalue weighted by atomic mass is 19.1. The molecule has 0 bridgehead atoms. The molecule has 2 rings (SSSR count). The number of amides is 3. The Morgan fingerprint density at radius 2 is 2.18 bits per heavy atom. The van der Waals surface area contributed by atoms with E-state index in [0.29, 0.717) is 17.6 Å². The summed E-state index contributed by atoms with van der Waals surface area (Å²) in [5.41, 5.74) is 0.831. The van der Waals surface area contributed by atoms with Crippen LogP contribution in [0, 0.1) is 0 Å². The minimum Gasteiger partial charge on any atom is -0.340 e. The molecule has 6 heteroatoms. The van der Waals surface area contributed by atoms with Gasteiger partial charge >= 0.3 is 0 Å². The number of halogens is 1. The molecule has 1 aliphatic carbocycles. The molecule has 0 aromatic rings. The summed E-state index contributed by atoms with van der Waals surface area (Å²) in [5.74, 6) is -1.24. The van der Waals surface area contributed by atoms with Crippen molar-refractivity contribution >= 4 is 17.7 Å². The maximum Gasteiger partial charge on any atom is 0.249 e. The number of alkyl halides is 1. The fourth-order valence-electron chi connectivity index (χ4n) is 1.90. The van der Waals surface area contributed by atoms with E-state index in [9.17, 15) is 18.8 Å². The zero-order valence-corrected chi connectivity index (χ0v) is 9.38. The molecule has 0 radical (unpaired) electrons. The number of nitrogens with one attached hydrogen (secondary N) is 2. The van der Waals surface area contributed by atoms with E-state index >= 15 is 0 Å². The number of imide groups is 1. The highest BCUT2D eigenvalue weighted by Crippen LogP contribution is 2.30. The minimum atomic E-state index is -1.04. The third kappa shape index (κ3) is 2.20. The van der Waals surface area contributed by atoms with Crippen LogP contribution in [0.4, 0.5) is 4.39 Å². The number of carbonyl (C=O) groups is 3. The number of hydrogen-bond acceptors (Lipinski definition) is 3. The fraction of sp³-hybridized carbons (Fsp3) is 0.545. The van der Waals surface area contributed by atoms with E-state index in [4.69, 9.17) is 0 Å². The number of carbonyl (C=O) groups excluding carboxylic acids is 3. The quantitative estimate of drug-likeness (QED) is 0.665. The van der Waals surface area contributed by atoms with E-state index in [2.05, 4.69) is 10.6 Å². The van der Waals surface area contributed by atoms with Crippen LogP contribution in [0.3, 0.4) is 0 Å². The maximum absolute atomic E-state index is 12.9. The van der Waals surface area contributed by atoms with E-state index < -0.39 is 24.0 Å². The molecule has 17 heavy (non-hydrogen) atoms. The summed E-state index contributed by atoms with van der Waals surface area (Å²) >= 11 is 0. The van der Waals surface area contributed by atoms with Crippen molar-refractivity contribution in [2.45, 2.75) is 38.4 Å². The monoisotopic (exact) mass is 240 g/mol. The molecule has 2 atom stereocenters. The van der Waals surface area contributed by atoms with Gasteiger partial charge in [-0.3, -0.25) is 19.7 Å². The van der Waals surface area contributed by atoms with Crippen LogP contribution in [0.5, 0.6) is 0 Å². The fourth-order valence-corrected chi connectivity index (χ4v) is 1.90. The van der Waals surface area contributed by atoms with Crippen LogP contribution in [0.25, 0.3) is 0 Å². The Labute approximate surface area is 97.4 Å². The van der Waals surface area contributed by atoms with Crippen LogP contribution in [0.2, 0.25) is 0 Å². The van der Waals surface area contributed by atoms with Crippen LogP contribution < -0.4 is 10.6 Å². The van der Waals surface area contributed by atoms with Crippen LogP contribution in [0.15, 0.2) is 11.1 Å². The maximum atomic E-state index is 12.9. The highest BCUT2D eigenvalue weighted by Gasteiger charge is 2.34. The molecular formula is C11H13FN2O3. The van der Waals surface area contributed by atoms with E-state index in [1.807, 2.05) is 0 Å². The second kappa shape index (κ2) is 4.27. The largest absolute Gasteiger partial charge is 0.340 e. The Balaban J connectivity index is 1.96. The van der Waals surface area contributed by atoms with Crippen molar-refractivity contribution in [1.29, 1.82) is 0 Å². The standard InChI is InChI=1S/C11H13FN2O3/c1-5-6(4-7(5)12)10(16)13-8-2-3-9(15)14-11(8)17/h7-8H,2-4H2,1H3,(H,13,16)(H,14,15,17)/t7-,8?/m0/s1. The molecule has 0 aromatic carbocycles. The summed E-state index contributed by atoms with van der Waals surface area (Å²) in [6.45, 7) is 1.56. The molecule has 1 heterocycles. The zero-order valence-electron chi connectivity index (χ0n) is 9.38. The lowest BCUT2D eigenvalue weighted by atomic mass is 9.87. The predicted molar refractivity (Wildman–Crippen MR) is 56.5 cm³/mol. The summed E-state index contributed by atoms with van der Waals surface area (Å²) < 4.78 is 12.9. The first-order valence-electron chi connectivity index (χ1n) is 5.47. The van der Waals surface area contributed by atoms with Crippen molar-refractivity contribution in [3.05, 3.63) is 11.1 Å². The highest BCUT2D eigenvalue weighted by molar-refractivity contribution is 6.04. The van der Waals surface area contributed by atoms with E-state index in [0.717, 1.165) is 0 Å². The summed E-state index contributed by atoms with van der Waals surface area (Å²) in [4.78, 5) is 34.0. The number of allylic oxidation sites excluding steroid dienone is 1. The Morgan fingerprint density at radius 3 is 2.71 bits per heavy atom. The van der Waals surface area contributed by atoms with Gasteiger partial charge in [-0.1, -0.05) is 0 Å². The SMILES string of the molecule is CC1=C(C(=O)NC2CCC(=O)NC2=O)C[C@@H]1F. The number of rotatable bonds is 2. The Kier molecular flexibility index (Phi) is 2.95. The summed E-state index contributed by atoms with van der Waals surface area (Å²) in [6.07, 6.45) is -0.440. The zero-order chi connectivity index (χ0) is 12.6. The van der Waals surface area contributed by atoms with Crippen molar-refractivity contribution in [3.63, 3.8) is 0 Å². The van der Waals surface area contributed by atoms with Gasteiger partial charge < -0.3 is 5.32 Å². The van der Waals surface area contributed by atoms with Gasteiger partial charge in [-0.2, -0.15) is 0 Å². The topological polar surface area (TPSA) is 75.3 Å². The van der Waals surface area contributed by atoms with Crippen LogP contribution in [0.1, 0.15) is 26.2 Å². The third-order valence-corrected chi connectivity index (χ3v) is 3.15. The molecule has 1 saturated heterocycles. The van der Waals surface area contributed by atoms with Crippen molar-refractivity contribution in [2.24, 2.45) is 0 Å². The predicted octanol–water partition coefficient (Wildman–Crippen LogP) is -0.0339. The van der Waals surface area contributed by atoms with Crippen LogP contribution >= 0.6 is 0 Å². The molecule has 1 fully saturated rings. The Hall–Kier alpha value is -1.72. The molecule has 2 N–H and O–H groups in total. The van der Waals surface area contributed by atoms with E-state index in [1.54, 1.807) is 6.92 Å². The second-order valence-corrected chi connectivity index (χ2v) is 4.31. The first-order chi connectivity index (χ1) is 7.99. The summed E-state index contributed by atoms with van der Waals surface area (Å²) in [5, 5.41) is 4.66. The van der Waals surface area contributed by atoms with Gasteiger partial charge in [0.05, 0.1) is 0 Å². The Morgan fingerprint density at radius 1 is 1.47 bits per heavy atom. The molecular weight excluding hydrogens is 227 g/mol. The summed E-state index contributed by atoms with van der Waals surface area (Å²) in [7, 11) is 0. The molecule has 0 aromatic heterocycles. The van der Waals surface area contributed by atoms with Gasteiger partial charge in [0.15, 0.2) is 0 Å². The van der Waals surface area contributed by atoms with Gasteiger partial charge in [0.1, 0.15) is 12.2 Å². The van der Waals surface area contributed by atoms with Gasteiger partial charge in [-0.25, -0.2) is 4.39 Å².